The van der Waals surface area contributed by atoms with E-state index in [9.17, 15) is 4.79 Å². The SMILES string of the molecule is O=C(O)N1CC2CN(Cc3ccc(Cl)nc3)CC2C1. The van der Waals surface area contributed by atoms with Crippen molar-refractivity contribution in [2.24, 2.45) is 11.8 Å². The molecule has 1 aromatic rings. The van der Waals surface area contributed by atoms with Gasteiger partial charge in [0.1, 0.15) is 5.15 Å². The average molecular weight is 282 g/mol. The molecule has 2 saturated heterocycles. The van der Waals surface area contributed by atoms with E-state index < -0.39 is 6.09 Å². The number of rotatable bonds is 2. The number of carboxylic acid groups (broad SMARTS) is 1. The Balaban J connectivity index is 1.57. The van der Waals surface area contributed by atoms with Gasteiger partial charge in [0.15, 0.2) is 0 Å². The van der Waals surface area contributed by atoms with Gasteiger partial charge >= 0.3 is 6.09 Å². The first-order chi connectivity index (χ1) is 9.11. The number of pyridine rings is 1. The highest BCUT2D eigenvalue weighted by Crippen LogP contribution is 2.31. The maximum absolute atomic E-state index is 10.9. The molecule has 2 fully saturated rings. The number of hydrogen-bond acceptors (Lipinski definition) is 3. The van der Waals surface area contributed by atoms with Gasteiger partial charge in [-0.15, -0.1) is 0 Å². The summed E-state index contributed by atoms with van der Waals surface area (Å²) in [6.45, 7) is 4.16. The number of hydrogen-bond donors (Lipinski definition) is 1. The van der Waals surface area contributed by atoms with Gasteiger partial charge in [-0.25, -0.2) is 9.78 Å². The highest BCUT2D eigenvalue weighted by Gasteiger charge is 2.41. The Hall–Kier alpha value is -1.33. The van der Waals surface area contributed by atoms with Crippen molar-refractivity contribution < 1.29 is 9.90 Å². The van der Waals surface area contributed by atoms with Gasteiger partial charge in [0, 0.05) is 38.9 Å². The van der Waals surface area contributed by atoms with Crippen molar-refractivity contribution in [3.63, 3.8) is 0 Å². The van der Waals surface area contributed by atoms with Gasteiger partial charge in [-0.3, -0.25) is 4.90 Å². The molecule has 102 valence electrons. The van der Waals surface area contributed by atoms with Gasteiger partial charge in [-0.1, -0.05) is 17.7 Å². The summed E-state index contributed by atoms with van der Waals surface area (Å²) in [5, 5.41) is 9.50. The van der Waals surface area contributed by atoms with Crippen molar-refractivity contribution in [3.05, 3.63) is 29.0 Å². The van der Waals surface area contributed by atoms with E-state index in [4.69, 9.17) is 16.7 Å². The van der Waals surface area contributed by atoms with E-state index >= 15 is 0 Å². The number of carbonyl (C=O) groups is 1. The Kier molecular flexibility index (Phi) is 3.33. The minimum Gasteiger partial charge on any atom is -0.465 e. The average Bonchev–Trinajstić information content (AvgIpc) is 2.90. The molecule has 1 aromatic heterocycles. The van der Waals surface area contributed by atoms with E-state index in [1.54, 1.807) is 12.3 Å². The predicted molar refractivity (Wildman–Crippen MR) is 71.1 cm³/mol. The molecule has 3 rings (SSSR count). The molecule has 2 aliphatic heterocycles. The first-order valence-corrected chi connectivity index (χ1v) is 6.80. The molecule has 2 atom stereocenters. The van der Waals surface area contributed by atoms with E-state index in [0.29, 0.717) is 30.1 Å². The van der Waals surface area contributed by atoms with Crippen molar-refractivity contribution in [1.29, 1.82) is 0 Å². The van der Waals surface area contributed by atoms with E-state index in [-0.39, 0.29) is 0 Å². The summed E-state index contributed by atoms with van der Waals surface area (Å²) in [7, 11) is 0. The van der Waals surface area contributed by atoms with Crippen LogP contribution >= 0.6 is 11.6 Å². The standard InChI is InChI=1S/C13H16ClN3O2/c14-12-2-1-9(3-15-12)4-16-5-10-7-17(13(18)19)8-11(10)6-16/h1-3,10-11H,4-8H2,(H,18,19). The molecule has 1 amide bonds. The van der Waals surface area contributed by atoms with Crippen LogP contribution in [-0.4, -0.2) is 52.2 Å². The van der Waals surface area contributed by atoms with Crippen LogP contribution in [0.25, 0.3) is 0 Å². The third kappa shape index (κ3) is 2.67. The van der Waals surface area contributed by atoms with E-state index in [0.717, 1.165) is 25.2 Å². The summed E-state index contributed by atoms with van der Waals surface area (Å²) >= 11 is 5.77. The maximum atomic E-state index is 10.9. The van der Waals surface area contributed by atoms with Crippen molar-refractivity contribution in [3.8, 4) is 0 Å². The highest BCUT2D eigenvalue weighted by molar-refractivity contribution is 6.29. The van der Waals surface area contributed by atoms with E-state index in [1.807, 2.05) is 6.07 Å². The lowest BCUT2D eigenvalue weighted by molar-refractivity contribution is 0.148. The molecule has 19 heavy (non-hydrogen) atoms. The second kappa shape index (κ2) is 4.98. The molecule has 1 N–H and O–H groups in total. The van der Waals surface area contributed by atoms with Crippen LogP contribution in [0.15, 0.2) is 18.3 Å². The van der Waals surface area contributed by atoms with Gasteiger partial charge in [0.05, 0.1) is 0 Å². The molecule has 2 aliphatic rings. The number of halogens is 1. The molecule has 0 spiro atoms. The normalized spacial score (nSPS) is 26.7. The summed E-state index contributed by atoms with van der Waals surface area (Å²) in [4.78, 5) is 18.9. The van der Waals surface area contributed by atoms with E-state index in [2.05, 4.69) is 9.88 Å². The molecule has 5 nitrogen and oxygen atoms in total. The Morgan fingerprint density at radius 1 is 1.32 bits per heavy atom. The van der Waals surface area contributed by atoms with Gasteiger partial charge in [-0.05, 0) is 23.5 Å². The zero-order chi connectivity index (χ0) is 13.4. The number of nitrogens with zero attached hydrogens (tertiary/aromatic N) is 3. The van der Waals surface area contributed by atoms with Gasteiger partial charge < -0.3 is 10.0 Å². The first-order valence-electron chi connectivity index (χ1n) is 6.42. The minimum absolute atomic E-state index is 0.483. The van der Waals surface area contributed by atoms with Crippen molar-refractivity contribution in [2.75, 3.05) is 26.2 Å². The van der Waals surface area contributed by atoms with Gasteiger partial charge in [0.25, 0.3) is 0 Å². The van der Waals surface area contributed by atoms with Crippen LogP contribution in [0.3, 0.4) is 0 Å². The topological polar surface area (TPSA) is 56.7 Å². The Bertz CT molecular complexity index is 465. The Morgan fingerprint density at radius 3 is 2.53 bits per heavy atom. The largest absolute Gasteiger partial charge is 0.465 e. The third-order valence-corrected chi connectivity index (χ3v) is 4.25. The summed E-state index contributed by atoms with van der Waals surface area (Å²) in [5.41, 5.74) is 1.15. The molecule has 0 aliphatic carbocycles. The van der Waals surface area contributed by atoms with Gasteiger partial charge in [-0.2, -0.15) is 0 Å². The number of likely N-dealkylation sites (tertiary alicyclic amines) is 2. The number of fused-ring (bicyclic) bond motifs is 1. The van der Waals surface area contributed by atoms with Crippen LogP contribution in [0.2, 0.25) is 5.15 Å². The highest BCUT2D eigenvalue weighted by atomic mass is 35.5. The van der Waals surface area contributed by atoms with Crippen molar-refractivity contribution >= 4 is 17.7 Å². The fourth-order valence-electron chi connectivity index (χ4n) is 3.13. The predicted octanol–water partition coefficient (Wildman–Crippen LogP) is 1.78. The second-order valence-electron chi connectivity index (χ2n) is 5.39. The molecule has 3 heterocycles. The summed E-state index contributed by atoms with van der Waals surface area (Å²) in [5.74, 6) is 0.965. The zero-order valence-corrected chi connectivity index (χ0v) is 11.3. The van der Waals surface area contributed by atoms with Crippen LogP contribution in [0.4, 0.5) is 4.79 Å². The lowest BCUT2D eigenvalue weighted by Crippen LogP contribution is -2.31. The molecule has 0 aromatic carbocycles. The zero-order valence-electron chi connectivity index (χ0n) is 10.5. The first kappa shape index (κ1) is 12.7. The summed E-state index contributed by atoms with van der Waals surface area (Å²) in [6, 6.07) is 3.80. The van der Waals surface area contributed by atoms with Crippen LogP contribution in [0.5, 0.6) is 0 Å². The van der Waals surface area contributed by atoms with Crippen LogP contribution in [0.1, 0.15) is 5.56 Å². The van der Waals surface area contributed by atoms with Crippen molar-refractivity contribution in [2.45, 2.75) is 6.54 Å². The number of aromatic nitrogens is 1. The van der Waals surface area contributed by atoms with E-state index in [1.165, 1.54) is 4.90 Å². The smallest absolute Gasteiger partial charge is 0.407 e. The fourth-order valence-corrected chi connectivity index (χ4v) is 3.25. The third-order valence-electron chi connectivity index (χ3n) is 4.03. The summed E-state index contributed by atoms with van der Waals surface area (Å²) in [6.07, 6.45) is 1.02. The van der Waals surface area contributed by atoms with Crippen molar-refractivity contribution in [1.82, 2.24) is 14.8 Å². The summed E-state index contributed by atoms with van der Waals surface area (Å²) < 4.78 is 0. The second-order valence-corrected chi connectivity index (χ2v) is 5.78. The van der Waals surface area contributed by atoms with Crippen LogP contribution in [-0.2, 0) is 6.54 Å². The van der Waals surface area contributed by atoms with Crippen LogP contribution < -0.4 is 0 Å². The fraction of sp³-hybridized carbons (Fsp3) is 0.538. The lowest BCUT2D eigenvalue weighted by Gasteiger charge is -2.19. The maximum Gasteiger partial charge on any atom is 0.407 e. The Morgan fingerprint density at radius 2 is 2.00 bits per heavy atom. The Labute approximate surface area is 116 Å². The van der Waals surface area contributed by atoms with Gasteiger partial charge in [0.2, 0.25) is 0 Å². The molecule has 0 bridgehead atoms. The molecule has 2 unspecified atom stereocenters. The number of amides is 1. The molecule has 0 saturated carbocycles. The monoisotopic (exact) mass is 281 g/mol. The molecular weight excluding hydrogens is 266 g/mol. The quantitative estimate of drug-likeness (QED) is 0.840. The molecular formula is C13H16ClN3O2. The molecule has 0 radical (unpaired) electrons. The lowest BCUT2D eigenvalue weighted by atomic mass is 10.0. The minimum atomic E-state index is -0.789. The molecule has 6 heteroatoms. The van der Waals surface area contributed by atoms with Crippen LogP contribution in [0, 0.1) is 11.8 Å².